The summed E-state index contributed by atoms with van der Waals surface area (Å²) in [7, 11) is 1.96. The lowest BCUT2D eigenvalue weighted by atomic mass is 10.1. The first-order chi connectivity index (χ1) is 9.08. The lowest BCUT2D eigenvalue weighted by Crippen LogP contribution is -2.17. The zero-order valence-corrected chi connectivity index (χ0v) is 11.4. The van der Waals surface area contributed by atoms with Gasteiger partial charge in [-0.1, -0.05) is 17.7 Å². The Morgan fingerprint density at radius 1 is 1.42 bits per heavy atom. The Bertz CT molecular complexity index is 583. The Hall–Kier alpha value is -2.07. The highest BCUT2D eigenvalue weighted by Crippen LogP contribution is 2.27. The van der Waals surface area contributed by atoms with Crippen molar-refractivity contribution in [1.29, 1.82) is 5.41 Å². The Kier molecular flexibility index (Phi) is 4.02. The number of amidine groups is 1. The summed E-state index contributed by atoms with van der Waals surface area (Å²) in [5, 5.41) is 7.97. The van der Waals surface area contributed by atoms with E-state index < -0.39 is 0 Å². The number of nitrogens with one attached hydrogen (secondary N) is 1. The summed E-state index contributed by atoms with van der Waals surface area (Å²) in [5.74, 6) is 0.0170. The average molecular weight is 275 g/mol. The van der Waals surface area contributed by atoms with Crippen LogP contribution in [0.5, 0.6) is 0 Å². The molecular formula is C14H15ClN4. The number of rotatable bonds is 4. The van der Waals surface area contributed by atoms with Crippen LogP contribution in [0.25, 0.3) is 0 Å². The van der Waals surface area contributed by atoms with E-state index in [1.165, 1.54) is 0 Å². The second-order valence-corrected chi connectivity index (χ2v) is 4.70. The third kappa shape index (κ3) is 3.23. The molecule has 0 radical (unpaired) electrons. The van der Waals surface area contributed by atoms with Crippen LogP contribution in [0.1, 0.15) is 11.1 Å². The molecule has 5 heteroatoms. The van der Waals surface area contributed by atoms with Crippen LogP contribution in [0, 0.1) is 5.41 Å². The highest BCUT2D eigenvalue weighted by molar-refractivity contribution is 6.33. The van der Waals surface area contributed by atoms with Crippen molar-refractivity contribution in [3.63, 3.8) is 0 Å². The van der Waals surface area contributed by atoms with Crippen LogP contribution < -0.4 is 10.6 Å². The Morgan fingerprint density at radius 3 is 2.79 bits per heavy atom. The van der Waals surface area contributed by atoms with Crippen molar-refractivity contribution in [3.8, 4) is 0 Å². The standard InChI is InChI=1S/C14H15ClN4/c1-19(9-10-3-2-6-18-8-10)13-5-4-11(14(16)17)7-12(13)15/h2-8H,9H2,1H3,(H3,16,17). The molecular weight excluding hydrogens is 260 g/mol. The van der Waals surface area contributed by atoms with Crippen molar-refractivity contribution in [2.45, 2.75) is 6.54 Å². The summed E-state index contributed by atoms with van der Waals surface area (Å²) in [6.45, 7) is 0.715. The molecule has 0 aliphatic rings. The quantitative estimate of drug-likeness (QED) is 0.665. The monoisotopic (exact) mass is 274 g/mol. The van der Waals surface area contributed by atoms with Crippen molar-refractivity contribution in [2.24, 2.45) is 5.73 Å². The van der Waals surface area contributed by atoms with Crippen LogP contribution in [0.2, 0.25) is 5.02 Å². The molecule has 0 spiro atoms. The number of nitrogens with two attached hydrogens (primary N) is 1. The summed E-state index contributed by atoms with van der Waals surface area (Å²) < 4.78 is 0. The van der Waals surface area contributed by atoms with Crippen LogP contribution in [0.4, 0.5) is 5.69 Å². The Morgan fingerprint density at radius 2 is 2.21 bits per heavy atom. The molecule has 0 bridgehead atoms. The van der Waals surface area contributed by atoms with E-state index in [1.54, 1.807) is 18.3 Å². The van der Waals surface area contributed by atoms with Crippen molar-refractivity contribution < 1.29 is 0 Å². The number of anilines is 1. The minimum absolute atomic E-state index is 0.0170. The fourth-order valence-corrected chi connectivity index (χ4v) is 2.16. The van der Waals surface area contributed by atoms with Crippen molar-refractivity contribution >= 4 is 23.1 Å². The molecule has 1 heterocycles. The topological polar surface area (TPSA) is 66.0 Å². The van der Waals surface area contributed by atoms with E-state index in [1.807, 2.05) is 36.3 Å². The molecule has 2 aromatic rings. The molecule has 1 aromatic carbocycles. The number of pyridine rings is 1. The molecule has 19 heavy (non-hydrogen) atoms. The van der Waals surface area contributed by atoms with Gasteiger partial charge >= 0.3 is 0 Å². The SMILES string of the molecule is CN(Cc1cccnc1)c1ccc(C(=N)N)cc1Cl. The first kappa shape index (κ1) is 13.4. The van der Waals surface area contributed by atoms with Gasteiger partial charge in [0.2, 0.25) is 0 Å². The maximum Gasteiger partial charge on any atom is 0.122 e. The predicted molar refractivity (Wildman–Crippen MR) is 78.8 cm³/mol. The molecule has 0 amide bonds. The van der Waals surface area contributed by atoms with Gasteiger partial charge in [-0.25, -0.2) is 0 Å². The number of hydrogen-bond acceptors (Lipinski definition) is 3. The summed E-state index contributed by atoms with van der Waals surface area (Å²) in [5.41, 5.74) is 8.07. The zero-order valence-electron chi connectivity index (χ0n) is 10.6. The lowest BCUT2D eigenvalue weighted by molar-refractivity contribution is 0.915. The molecule has 0 fully saturated rings. The van der Waals surface area contributed by atoms with E-state index in [-0.39, 0.29) is 5.84 Å². The van der Waals surface area contributed by atoms with E-state index in [9.17, 15) is 0 Å². The van der Waals surface area contributed by atoms with E-state index in [4.69, 9.17) is 22.7 Å². The van der Waals surface area contributed by atoms with Crippen LogP contribution in [0.3, 0.4) is 0 Å². The van der Waals surface area contributed by atoms with E-state index in [0.29, 0.717) is 17.1 Å². The van der Waals surface area contributed by atoms with E-state index in [2.05, 4.69) is 4.98 Å². The normalized spacial score (nSPS) is 10.2. The molecule has 0 saturated heterocycles. The fraction of sp³-hybridized carbons (Fsp3) is 0.143. The predicted octanol–water partition coefficient (Wildman–Crippen LogP) is 2.66. The Balaban J connectivity index is 2.20. The number of nitrogens with zero attached hydrogens (tertiary/aromatic N) is 2. The number of hydrogen-bond donors (Lipinski definition) is 2. The van der Waals surface area contributed by atoms with Gasteiger partial charge in [0.15, 0.2) is 0 Å². The number of benzene rings is 1. The first-order valence-electron chi connectivity index (χ1n) is 5.82. The van der Waals surface area contributed by atoms with Crippen LogP contribution >= 0.6 is 11.6 Å². The molecule has 0 aliphatic carbocycles. The van der Waals surface area contributed by atoms with Gasteiger partial charge in [-0.05, 0) is 29.8 Å². The summed E-state index contributed by atoms with van der Waals surface area (Å²) >= 11 is 6.23. The molecule has 1 aromatic heterocycles. The lowest BCUT2D eigenvalue weighted by Gasteiger charge is -2.21. The minimum Gasteiger partial charge on any atom is -0.384 e. The second-order valence-electron chi connectivity index (χ2n) is 4.30. The van der Waals surface area contributed by atoms with Crippen LogP contribution in [-0.4, -0.2) is 17.9 Å². The van der Waals surface area contributed by atoms with Crippen molar-refractivity contribution in [1.82, 2.24) is 4.98 Å². The van der Waals surface area contributed by atoms with Gasteiger partial charge in [0.05, 0.1) is 10.7 Å². The Labute approximate surface area is 117 Å². The maximum atomic E-state index is 7.39. The highest BCUT2D eigenvalue weighted by Gasteiger charge is 2.08. The number of aromatic nitrogens is 1. The summed E-state index contributed by atoms with van der Waals surface area (Å²) in [4.78, 5) is 6.12. The van der Waals surface area contributed by atoms with Gasteiger partial charge in [0.25, 0.3) is 0 Å². The smallest absolute Gasteiger partial charge is 0.122 e. The van der Waals surface area contributed by atoms with Gasteiger partial charge in [-0.15, -0.1) is 0 Å². The molecule has 0 unspecified atom stereocenters. The molecule has 0 saturated carbocycles. The van der Waals surface area contributed by atoms with Crippen molar-refractivity contribution in [3.05, 3.63) is 58.9 Å². The summed E-state index contributed by atoms with van der Waals surface area (Å²) in [6, 6.07) is 9.29. The number of halogens is 1. The molecule has 3 N–H and O–H groups in total. The average Bonchev–Trinajstić information content (AvgIpc) is 2.39. The van der Waals surface area contributed by atoms with Gasteiger partial charge in [0.1, 0.15) is 5.84 Å². The first-order valence-corrected chi connectivity index (χ1v) is 6.19. The van der Waals surface area contributed by atoms with Gasteiger partial charge < -0.3 is 10.6 Å². The van der Waals surface area contributed by atoms with Gasteiger partial charge in [0, 0.05) is 31.5 Å². The van der Waals surface area contributed by atoms with E-state index in [0.717, 1.165) is 11.3 Å². The second kappa shape index (κ2) is 5.71. The third-order valence-electron chi connectivity index (χ3n) is 2.81. The maximum absolute atomic E-state index is 7.39. The van der Waals surface area contributed by atoms with Gasteiger partial charge in [-0.2, -0.15) is 0 Å². The fourth-order valence-electron chi connectivity index (χ4n) is 1.83. The molecule has 98 valence electrons. The largest absolute Gasteiger partial charge is 0.384 e. The molecule has 4 nitrogen and oxygen atoms in total. The molecule has 0 aliphatic heterocycles. The highest BCUT2D eigenvalue weighted by atomic mass is 35.5. The summed E-state index contributed by atoms with van der Waals surface area (Å²) in [6.07, 6.45) is 3.58. The molecule has 2 rings (SSSR count). The zero-order chi connectivity index (χ0) is 13.8. The third-order valence-corrected chi connectivity index (χ3v) is 3.12. The minimum atomic E-state index is 0.0170. The number of nitrogen functional groups attached to an aromatic ring is 1. The van der Waals surface area contributed by atoms with Crippen molar-refractivity contribution in [2.75, 3.05) is 11.9 Å². The van der Waals surface area contributed by atoms with Crippen LogP contribution in [-0.2, 0) is 6.54 Å². The van der Waals surface area contributed by atoms with E-state index >= 15 is 0 Å². The van der Waals surface area contributed by atoms with Crippen LogP contribution in [0.15, 0.2) is 42.7 Å². The molecule has 0 atom stereocenters. The van der Waals surface area contributed by atoms with Gasteiger partial charge in [-0.3, -0.25) is 10.4 Å².